The average molecular weight is 412 g/mol. The van der Waals surface area contributed by atoms with Crippen LogP contribution in [0.3, 0.4) is 0 Å². The average Bonchev–Trinajstić information content (AvgIpc) is 2.79. The summed E-state index contributed by atoms with van der Waals surface area (Å²) in [7, 11) is 2.78. The molecule has 2 aromatic rings. The van der Waals surface area contributed by atoms with Gasteiger partial charge in [0.15, 0.2) is 17.8 Å². The largest absolute Gasteiger partial charge is 0.493 e. The van der Waals surface area contributed by atoms with E-state index in [4.69, 9.17) is 18.9 Å². The van der Waals surface area contributed by atoms with Crippen LogP contribution in [0, 0.1) is 0 Å². The SMILES string of the molecule is COC(=O)/C=C/c1ccc(OC(=O)c2ccc(OC3CCCCO3)cc2)c(OC)c1. The van der Waals surface area contributed by atoms with E-state index in [0.717, 1.165) is 19.3 Å². The molecule has 0 spiro atoms. The summed E-state index contributed by atoms with van der Waals surface area (Å²) in [6.45, 7) is 0.703. The number of methoxy groups -OCH3 is 2. The van der Waals surface area contributed by atoms with E-state index in [1.54, 1.807) is 48.5 Å². The number of ether oxygens (including phenoxy) is 5. The van der Waals surface area contributed by atoms with Gasteiger partial charge in [-0.25, -0.2) is 9.59 Å². The summed E-state index contributed by atoms with van der Waals surface area (Å²) < 4.78 is 26.7. The molecule has 0 aliphatic carbocycles. The van der Waals surface area contributed by atoms with Gasteiger partial charge in [0.1, 0.15) is 5.75 Å². The van der Waals surface area contributed by atoms with E-state index in [0.29, 0.717) is 29.2 Å². The van der Waals surface area contributed by atoms with Crippen LogP contribution in [0.2, 0.25) is 0 Å². The van der Waals surface area contributed by atoms with Crippen molar-refractivity contribution in [2.24, 2.45) is 0 Å². The molecule has 1 heterocycles. The van der Waals surface area contributed by atoms with E-state index in [2.05, 4.69) is 4.74 Å². The van der Waals surface area contributed by atoms with Crippen molar-refractivity contribution in [1.82, 2.24) is 0 Å². The Morgan fingerprint density at radius 2 is 1.83 bits per heavy atom. The molecule has 0 amide bonds. The van der Waals surface area contributed by atoms with Crippen molar-refractivity contribution >= 4 is 18.0 Å². The molecule has 1 fully saturated rings. The molecule has 1 atom stereocenters. The second kappa shape index (κ2) is 10.5. The predicted molar refractivity (Wildman–Crippen MR) is 110 cm³/mol. The summed E-state index contributed by atoms with van der Waals surface area (Å²) in [6.07, 6.45) is 5.61. The number of carbonyl (C=O) groups is 2. The van der Waals surface area contributed by atoms with Gasteiger partial charge in [0.25, 0.3) is 0 Å². The zero-order valence-electron chi connectivity index (χ0n) is 17.0. The van der Waals surface area contributed by atoms with Gasteiger partial charge in [0.2, 0.25) is 0 Å². The smallest absolute Gasteiger partial charge is 0.343 e. The topological polar surface area (TPSA) is 80.3 Å². The van der Waals surface area contributed by atoms with Gasteiger partial charge in [0, 0.05) is 12.5 Å². The first-order chi connectivity index (χ1) is 14.6. The molecular formula is C23H24O7. The monoisotopic (exact) mass is 412 g/mol. The molecule has 7 nitrogen and oxygen atoms in total. The minimum atomic E-state index is -0.522. The van der Waals surface area contributed by atoms with Crippen LogP contribution in [0.15, 0.2) is 48.5 Å². The Balaban J connectivity index is 1.64. The maximum Gasteiger partial charge on any atom is 0.343 e. The normalized spacial score (nSPS) is 16.1. The summed E-state index contributed by atoms with van der Waals surface area (Å²) in [5, 5.41) is 0. The van der Waals surface area contributed by atoms with Crippen LogP contribution >= 0.6 is 0 Å². The van der Waals surface area contributed by atoms with Crippen molar-refractivity contribution in [3.8, 4) is 17.2 Å². The molecule has 30 heavy (non-hydrogen) atoms. The van der Waals surface area contributed by atoms with Crippen molar-refractivity contribution in [2.75, 3.05) is 20.8 Å². The van der Waals surface area contributed by atoms with Gasteiger partial charge in [-0.3, -0.25) is 0 Å². The van der Waals surface area contributed by atoms with Gasteiger partial charge < -0.3 is 23.7 Å². The Hall–Kier alpha value is -3.32. The van der Waals surface area contributed by atoms with Crippen molar-refractivity contribution in [2.45, 2.75) is 25.6 Å². The molecule has 0 radical (unpaired) electrons. The molecule has 0 N–H and O–H groups in total. The highest BCUT2D eigenvalue weighted by molar-refractivity contribution is 5.91. The maximum atomic E-state index is 12.5. The number of rotatable bonds is 7. The highest BCUT2D eigenvalue weighted by Crippen LogP contribution is 2.29. The van der Waals surface area contributed by atoms with E-state index in [9.17, 15) is 9.59 Å². The lowest BCUT2D eigenvalue weighted by molar-refractivity contribution is -0.134. The van der Waals surface area contributed by atoms with Crippen LogP contribution < -0.4 is 14.2 Å². The molecule has 1 aliphatic heterocycles. The van der Waals surface area contributed by atoms with Crippen LogP contribution in [-0.2, 0) is 14.3 Å². The third kappa shape index (κ3) is 5.84. The minimum absolute atomic E-state index is 0.243. The van der Waals surface area contributed by atoms with Gasteiger partial charge in [-0.05, 0) is 60.9 Å². The van der Waals surface area contributed by atoms with E-state index in [-0.39, 0.29) is 12.0 Å². The number of carbonyl (C=O) groups excluding carboxylic acids is 2. The van der Waals surface area contributed by atoms with Crippen molar-refractivity contribution < 1.29 is 33.3 Å². The standard InChI is InChI=1S/C23H24O7/c1-26-20-15-16(7-13-21(24)27-2)6-12-19(20)30-23(25)17-8-10-18(11-9-17)29-22-5-3-4-14-28-22/h6-13,15,22H,3-5,14H2,1-2H3/b13-7+. The second-order valence-electron chi connectivity index (χ2n) is 6.59. The second-order valence-corrected chi connectivity index (χ2v) is 6.59. The lowest BCUT2D eigenvalue weighted by atomic mass is 10.2. The Kier molecular flexibility index (Phi) is 7.45. The highest BCUT2D eigenvalue weighted by Gasteiger charge is 2.16. The van der Waals surface area contributed by atoms with E-state index in [1.165, 1.54) is 20.3 Å². The Morgan fingerprint density at radius 3 is 2.50 bits per heavy atom. The zero-order chi connectivity index (χ0) is 21.3. The molecule has 158 valence electrons. The molecule has 0 saturated carbocycles. The van der Waals surface area contributed by atoms with Gasteiger partial charge in [-0.2, -0.15) is 0 Å². The van der Waals surface area contributed by atoms with Crippen molar-refractivity contribution in [1.29, 1.82) is 0 Å². The Labute approximate surface area is 175 Å². The summed E-state index contributed by atoms with van der Waals surface area (Å²) in [4.78, 5) is 23.7. The quantitative estimate of drug-likeness (QED) is 0.386. The fourth-order valence-electron chi connectivity index (χ4n) is 2.89. The van der Waals surface area contributed by atoms with Gasteiger partial charge in [0.05, 0.1) is 26.4 Å². The molecule has 7 heteroatoms. The highest BCUT2D eigenvalue weighted by atomic mass is 16.7. The summed E-state index contributed by atoms with van der Waals surface area (Å²) >= 11 is 0. The molecule has 2 aromatic carbocycles. The van der Waals surface area contributed by atoms with Crippen molar-refractivity contribution in [3.63, 3.8) is 0 Å². The third-order valence-electron chi connectivity index (χ3n) is 4.50. The van der Waals surface area contributed by atoms with Gasteiger partial charge in [-0.1, -0.05) is 6.07 Å². The minimum Gasteiger partial charge on any atom is -0.493 e. The lowest BCUT2D eigenvalue weighted by Gasteiger charge is -2.23. The molecule has 0 aromatic heterocycles. The molecule has 3 rings (SSSR count). The van der Waals surface area contributed by atoms with Crippen LogP contribution in [0.25, 0.3) is 6.08 Å². The predicted octanol–water partition coefficient (Wildman–Crippen LogP) is 4.01. The maximum absolute atomic E-state index is 12.5. The molecule has 1 aliphatic rings. The van der Waals surface area contributed by atoms with Crippen LogP contribution in [0.4, 0.5) is 0 Å². The molecular weight excluding hydrogens is 388 g/mol. The first kappa shape index (κ1) is 21.4. The number of esters is 2. The van der Waals surface area contributed by atoms with E-state index in [1.807, 2.05) is 0 Å². The zero-order valence-corrected chi connectivity index (χ0v) is 17.0. The number of hydrogen-bond acceptors (Lipinski definition) is 7. The number of hydrogen-bond donors (Lipinski definition) is 0. The van der Waals surface area contributed by atoms with E-state index >= 15 is 0 Å². The first-order valence-corrected chi connectivity index (χ1v) is 9.63. The summed E-state index contributed by atoms with van der Waals surface area (Å²) in [6, 6.07) is 11.7. The lowest BCUT2D eigenvalue weighted by Crippen LogP contribution is -2.24. The molecule has 1 unspecified atom stereocenters. The van der Waals surface area contributed by atoms with Gasteiger partial charge >= 0.3 is 11.9 Å². The summed E-state index contributed by atoms with van der Waals surface area (Å²) in [5.74, 6) is 0.287. The summed E-state index contributed by atoms with van der Waals surface area (Å²) in [5.41, 5.74) is 1.08. The molecule has 1 saturated heterocycles. The van der Waals surface area contributed by atoms with Crippen LogP contribution in [0.5, 0.6) is 17.2 Å². The number of benzene rings is 2. The molecule has 0 bridgehead atoms. The fourth-order valence-corrected chi connectivity index (χ4v) is 2.89. The Bertz CT molecular complexity index is 896. The van der Waals surface area contributed by atoms with Gasteiger partial charge in [-0.15, -0.1) is 0 Å². The Morgan fingerprint density at radius 1 is 1.03 bits per heavy atom. The van der Waals surface area contributed by atoms with Crippen molar-refractivity contribution in [3.05, 3.63) is 59.7 Å². The van der Waals surface area contributed by atoms with Crippen LogP contribution in [-0.4, -0.2) is 39.1 Å². The first-order valence-electron chi connectivity index (χ1n) is 9.63. The fraction of sp³-hybridized carbons (Fsp3) is 0.304. The third-order valence-corrected chi connectivity index (χ3v) is 4.50. The van der Waals surface area contributed by atoms with Crippen LogP contribution in [0.1, 0.15) is 35.2 Å². The van der Waals surface area contributed by atoms with E-state index < -0.39 is 11.9 Å².